The van der Waals surface area contributed by atoms with Gasteiger partial charge in [-0.1, -0.05) is 118 Å². The van der Waals surface area contributed by atoms with Crippen LogP contribution in [0, 0.1) is 0 Å². The summed E-state index contributed by atoms with van der Waals surface area (Å²) in [4.78, 5) is 87.6. The predicted molar refractivity (Wildman–Crippen MR) is 314 cm³/mol. The van der Waals surface area contributed by atoms with Gasteiger partial charge >= 0.3 is 35.8 Å². The van der Waals surface area contributed by atoms with Crippen molar-refractivity contribution in [2.75, 3.05) is 91.8 Å². The third kappa shape index (κ3) is 23.6. The first-order valence-electron chi connectivity index (χ1n) is 29.8. The van der Waals surface area contributed by atoms with Gasteiger partial charge in [-0.2, -0.15) is 0 Å². The topological polar surface area (TPSA) is 198 Å². The molecule has 5 atom stereocenters. The van der Waals surface area contributed by atoms with Crippen LogP contribution in [0.1, 0.15) is 140 Å². The Labute approximate surface area is 490 Å². The minimum Gasteiger partial charge on any atom is -0.465 e. The molecule has 2 saturated heterocycles. The largest absolute Gasteiger partial charge is 0.465 e. The summed E-state index contributed by atoms with van der Waals surface area (Å²) < 4.78 is 48.4. The first-order chi connectivity index (χ1) is 40.3. The van der Waals surface area contributed by atoms with Crippen molar-refractivity contribution in [2.24, 2.45) is 0 Å². The fourth-order valence-corrected chi connectivity index (χ4v) is 9.81. The van der Waals surface area contributed by atoms with Gasteiger partial charge in [-0.25, -0.2) is 19.2 Å². The summed E-state index contributed by atoms with van der Waals surface area (Å²) in [6, 6.07) is 33.2. The number of rotatable bonds is 28. The molecule has 4 aromatic rings. The maximum atomic E-state index is 14.0. The molecule has 2 fully saturated rings. The molecule has 83 heavy (non-hydrogen) atoms. The Bertz CT molecular complexity index is 2540. The lowest BCUT2D eigenvalue weighted by molar-refractivity contribution is -0.298. The van der Waals surface area contributed by atoms with Gasteiger partial charge in [-0.3, -0.25) is 19.4 Å². The lowest BCUT2D eigenvalue weighted by atomic mass is 9.97. The van der Waals surface area contributed by atoms with Crippen molar-refractivity contribution >= 4 is 35.8 Å². The zero-order chi connectivity index (χ0) is 59.1. The molecule has 2 aliphatic heterocycles. The molecule has 0 bridgehead atoms. The molecule has 1 N–H and O–H groups in total. The number of hydrogen-bond donors (Lipinski definition) is 1. The van der Waals surface area contributed by atoms with Crippen LogP contribution in [0.3, 0.4) is 0 Å². The number of unbranched alkanes of at least 4 members (excludes halogenated alkanes) is 7. The second-order valence-corrected chi connectivity index (χ2v) is 21.7. The van der Waals surface area contributed by atoms with E-state index in [1.807, 2.05) is 27.7 Å². The van der Waals surface area contributed by atoms with Gasteiger partial charge in [-0.15, -0.1) is 0 Å². The number of carbonyl (C=O) groups is 6. The van der Waals surface area contributed by atoms with Crippen LogP contribution in [-0.2, 0) is 47.5 Å². The molecule has 2 heterocycles. The van der Waals surface area contributed by atoms with E-state index in [1.165, 1.54) is 0 Å². The van der Waals surface area contributed by atoms with Crippen LogP contribution in [0.5, 0.6) is 0 Å². The molecule has 452 valence electrons. The molecular formula is C65H88N4O14. The summed E-state index contributed by atoms with van der Waals surface area (Å²) in [6.45, 7) is 15.6. The molecule has 5 unspecified atom stereocenters. The monoisotopic (exact) mass is 1150 g/mol. The van der Waals surface area contributed by atoms with Gasteiger partial charge in [0.2, 0.25) is 0 Å². The van der Waals surface area contributed by atoms with Crippen LogP contribution < -0.4 is 5.32 Å². The molecule has 4 aromatic carbocycles. The van der Waals surface area contributed by atoms with E-state index in [-0.39, 0.29) is 53.9 Å². The molecule has 0 radical (unpaired) electrons. The number of hydrogen-bond acceptors (Lipinski definition) is 18. The first-order valence-corrected chi connectivity index (χ1v) is 29.8. The molecule has 0 aliphatic carbocycles. The number of esters is 6. The molecule has 0 amide bonds. The van der Waals surface area contributed by atoms with E-state index in [0.717, 1.165) is 123 Å². The standard InChI is InChI=1S/C65H88N4O14/c1-5-65(3,4)83-56(71)48-68-42-28-41-67(44-45-69(47-55(70)76-6-2)40-27-37-66-38-43-68)39-25-11-9-7-8-10-12-26-46-77-64-59(82-63(75)53-35-23-16-24-36-53)58(81-62(74)52-33-21-15-22-34-52)57(80-61(73)51-31-19-14-20-32-51)54(79-64)49-78-60(72)50-29-17-13-18-30-50/h13-24,29-36,54,57-59,64,66H,5-12,25-28,37-49H2,1-4H3. The predicted octanol–water partition coefficient (Wildman–Crippen LogP) is 8.97. The lowest BCUT2D eigenvalue weighted by Crippen LogP contribution is -2.63. The van der Waals surface area contributed by atoms with Crippen LogP contribution in [-0.4, -0.2) is 179 Å². The van der Waals surface area contributed by atoms with E-state index >= 15 is 0 Å². The second-order valence-electron chi connectivity index (χ2n) is 21.7. The van der Waals surface area contributed by atoms with Crippen molar-refractivity contribution in [3.8, 4) is 0 Å². The summed E-state index contributed by atoms with van der Waals surface area (Å²) in [6.07, 6.45) is 3.20. The van der Waals surface area contributed by atoms with E-state index in [1.54, 1.807) is 121 Å². The minimum absolute atomic E-state index is 0.178. The van der Waals surface area contributed by atoms with Crippen molar-refractivity contribution in [2.45, 2.75) is 135 Å². The molecule has 18 heteroatoms. The Kier molecular flexibility index (Phi) is 28.6. The second kappa shape index (κ2) is 36.2. The number of benzene rings is 4. The Morgan fingerprint density at radius 1 is 0.506 bits per heavy atom. The summed E-state index contributed by atoms with van der Waals surface area (Å²) >= 11 is 0. The minimum atomic E-state index is -1.50. The van der Waals surface area contributed by atoms with Crippen molar-refractivity contribution in [3.05, 3.63) is 144 Å². The van der Waals surface area contributed by atoms with Crippen LogP contribution in [0.25, 0.3) is 0 Å². The third-order valence-corrected chi connectivity index (χ3v) is 14.8. The van der Waals surface area contributed by atoms with E-state index < -0.39 is 66.8 Å². The fourth-order valence-electron chi connectivity index (χ4n) is 9.81. The molecule has 0 saturated carbocycles. The van der Waals surface area contributed by atoms with Gasteiger partial charge in [0.1, 0.15) is 18.3 Å². The zero-order valence-corrected chi connectivity index (χ0v) is 49.2. The average molecular weight is 1150 g/mol. The normalized spacial score (nSPS) is 19.8. The number of ether oxygens (including phenoxy) is 8. The Morgan fingerprint density at radius 2 is 0.976 bits per heavy atom. The first kappa shape index (κ1) is 65.6. The van der Waals surface area contributed by atoms with Gasteiger partial charge in [-0.05, 0) is 128 Å². The van der Waals surface area contributed by atoms with E-state index in [0.29, 0.717) is 13.0 Å². The van der Waals surface area contributed by atoms with Crippen LogP contribution >= 0.6 is 0 Å². The highest BCUT2D eigenvalue weighted by Gasteiger charge is 2.53. The van der Waals surface area contributed by atoms with E-state index in [4.69, 9.17) is 37.9 Å². The maximum Gasteiger partial charge on any atom is 0.338 e. The summed E-state index contributed by atoms with van der Waals surface area (Å²) in [5.74, 6) is -3.37. The quantitative estimate of drug-likeness (QED) is 0.0321. The molecular weight excluding hydrogens is 1060 g/mol. The summed E-state index contributed by atoms with van der Waals surface area (Å²) in [5.41, 5.74) is 0.389. The maximum absolute atomic E-state index is 14.0. The van der Waals surface area contributed by atoms with Gasteiger partial charge in [0.25, 0.3) is 0 Å². The smallest absolute Gasteiger partial charge is 0.338 e. The summed E-state index contributed by atoms with van der Waals surface area (Å²) in [5, 5.41) is 3.52. The van der Waals surface area contributed by atoms with Crippen molar-refractivity contribution in [1.29, 1.82) is 0 Å². The van der Waals surface area contributed by atoms with Gasteiger partial charge in [0, 0.05) is 39.3 Å². The zero-order valence-electron chi connectivity index (χ0n) is 49.2. The number of nitrogens with one attached hydrogen (secondary N) is 1. The number of nitrogens with zero attached hydrogens (tertiary/aromatic N) is 3. The Morgan fingerprint density at radius 3 is 1.54 bits per heavy atom. The van der Waals surface area contributed by atoms with Crippen molar-refractivity contribution < 1.29 is 66.7 Å². The molecule has 0 aromatic heterocycles. The Balaban J connectivity index is 1.06. The number of carbonyl (C=O) groups excluding carboxylic acids is 6. The van der Waals surface area contributed by atoms with Crippen molar-refractivity contribution in [3.63, 3.8) is 0 Å². The molecule has 6 rings (SSSR count). The van der Waals surface area contributed by atoms with E-state index in [9.17, 15) is 28.8 Å². The third-order valence-electron chi connectivity index (χ3n) is 14.8. The fraction of sp³-hybridized carbons (Fsp3) is 0.538. The van der Waals surface area contributed by atoms with Gasteiger partial charge < -0.3 is 48.1 Å². The van der Waals surface area contributed by atoms with Crippen molar-refractivity contribution in [1.82, 2.24) is 20.0 Å². The summed E-state index contributed by atoms with van der Waals surface area (Å²) in [7, 11) is 0. The molecule has 0 spiro atoms. The highest BCUT2D eigenvalue weighted by molar-refractivity contribution is 5.91. The van der Waals surface area contributed by atoms with Crippen LogP contribution in [0.15, 0.2) is 121 Å². The molecule has 18 nitrogen and oxygen atoms in total. The highest BCUT2D eigenvalue weighted by atomic mass is 16.7. The molecule has 2 aliphatic rings. The van der Waals surface area contributed by atoms with Crippen LogP contribution in [0.4, 0.5) is 0 Å². The van der Waals surface area contributed by atoms with Gasteiger partial charge in [0.15, 0.2) is 24.6 Å². The van der Waals surface area contributed by atoms with E-state index in [2.05, 4.69) is 20.0 Å². The van der Waals surface area contributed by atoms with Gasteiger partial charge in [0.05, 0.1) is 42.0 Å². The Hall–Kier alpha value is -6.54. The average Bonchev–Trinajstić information content (AvgIpc) is 3.66. The lowest BCUT2D eigenvalue weighted by Gasteiger charge is -2.44. The van der Waals surface area contributed by atoms with Crippen LogP contribution in [0.2, 0.25) is 0 Å². The SMILES string of the molecule is CCOC(=O)CN1CCCNCCN(CC(=O)OC(C)(C)CC)CCCN(CCCCCCCCCCOC2OC(COC(=O)c3ccccc3)C(OC(=O)c3ccccc3)C(OC(=O)c3ccccc3)C2OC(=O)c2ccccc2)CC1. The highest BCUT2D eigenvalue weighted by Crippen LogP contribution is 2.32.